The first-order valence-corrected chi connectivity index (χ1v) is 22.5. The Bertz CT molecular complexity index is 2740. The first kappa shape index (κ1) is 42.9. The lowest BCUT2D eigenvalue weighted by atomic mass is 10.0. The molecule has 2 amide bonds. The minimum Gasteiger partial charge on any atom is -0.490 e. The monoisotopic (exact) mass is 910 g/mol. The lowest BCUT2D eigenvalue weighted by Crippen LogP contribution is -2.46. The molecule has 0 aliphatic carbocycles. The molecule has 5 aromatic rings. The summed E-state index contributed by atoms with van der Waals surface area (Å²) in [4.78, 5) is 44.0. The number of likely N-dealkylation sites (tertiary alicyclic amines) is 2. The Hall–Kier alpha value is -6.03. The Morgan fingerprint density at radius 2 is 1.55 bits per heavy atom. The number of amidine groups is 1. The van der Waals surface area contributed by atoms with Gasteiger partial charge in [-0.3, -0.25) is 19.4 Å². The Morgan fingerprint density at radius 1 is 0.862 bits per heavy atom. The van der Waals surface area contributed by atoms with Crippen LogP contribution in [-0.4, -0.2) is 112 Å². The van der Waals surface area contributed by atoms with Crippen molar-refractivity contribution >= 4 is 46.2 Å². The number of carbonyl (C=O) groups is 2. The topological polar surface area (TPSA) is 139 Å². The van der Waals surface area contributed by atoms with Crippen LogP contribution >= 0.6 is 11.6 Å². The number of nitrogens with zero attached hydrogens (tertiary/aromatic N) is 6. The van der Waals surface area contributed by atoms with Crippen molar-refractivity contribution in [1.82, 2.24) is 29.7 Å². The highest BCUT2D eigenvalue weighted by molar-refractivity contribution is 6.38. The molecule has 6 unspecified atom stereocenters. The predicted molar refractivity (Wildman–Crippen MR) is 244 cm³/mol. The van der Waals surface area contributed by atoms with Gasteiger partial charge >= 0.3 is 12.2 Å². The number of nitrogens with one attached hydrogen (secondary N) is 2. The number of ether oxygens (including phenoxy) is 4. The number of aromatic nitrogens is 3. The number of amides is 2. The van der Waals surface area contributed by atoms with Gasteiger partial charge in [-0.1, -0.05) is 29.8 Å². The number of anilines is 1. The minimum absolute atomic E-state index is 0.0547. The molecule has 17 heteroatoms. The number of rotatable bonds is 5. The van der Waals surface area contributed by atoms with Gasteiger partial charge in [0.25, 0.3) is 0 Å². The quantitative estimate of drug-likeness (QED) is 0.177. The molecule has 5 aliphatic heterocycles. The number of aromatic amines is 1. The first-order valence-electron chi connectivity index (χ1n) is 22.1. The zero-order valence-corrected chi connectivity index (χ0v) is 38.2. The van der Waals surface area contributed by atoms with Crippen LogP contribution in [0.15, 0.2) is 65.8 Å². The van der Waals surface area contributed by atoms with Crippen LogP contribution in [0.25, 0.3) is 33.4 Å². The maximum absolute atomic E-state index is 14.8. The molecule has 2 saturated heterocycles. The lowest BCUT2D eigenvalue weighted by Gasteiger charge is -2.32. The lowest BCUT2D eigenvalue weighted by molar-refractivity contribution is 0.0209. The van der Waals surface area contributed by atoms with E-state index in [9.17, 15) is 18.4 Å². The molecule has 5 aliphatic rings. The number of likely N-dealkylation sites (N-methyl/N-ethyl adjacent to an activating group) is 1. The molecule has 2 aromatic heterocycles. The van der Waals surface area contributed by atoms with E-state index in [-0.39, 0.29) is 32.0 Å². The van der Waals surface area contributed by atoms with Crippen molar-refractivity contribution in [2.75, 3.05) is 44.7 Å². The molecule has 65 heavy (non-hydrogen) atoms. The van der Waals surface area contributed by atoms with Crippen LogP contribution in [0.2, 0.25) is 5.02 Å². The molecule has 342 valence electrons. The molecule has 0 radical (unpaired) electrons. The maximum Gasteiger partial charge on any atom is 0.411 e. The van der Waals surface area contributed by atoms with Crippen molar-refractivity contribution < 1.29 is 37.3 Å². The molecule has 3 aromatic carbocycles. The van der Waals surface area contributed by atoms with Gasteiger partial charge in [-0.15, -0.1) is 0 Å². The third kappa shape index (κ3) is 7.97. The summed E-state index contributed by atoms with van der Waals surface area (Å²) in [5.74, 6) is 2.37. The van der Waals surface area contributed by atoms with Crippen LogP contribution in [-0.2, 0) is 9.47 Å². The standard InChI is InChI=1S/C48H53ClF2N8O6/c1-47(2,3)64-45(60)57-23-28(50)19-36(57)42-52-21-32(54-42)25-9-12-34-31(16-25)40(49)41-30-11-8-26(33-22-53-43(55-33)37-20-29(51)24-58(37)46(61)65-48(4,5)6)17-38(30)63-44(59(34)41)27-10-13-35-39(18-27)62-15-14-56(35)7/h8-13,16-18,22,28-29,32,36-37,44H,14-15,19-21,23-24H2,1-7H3,(H,52,54)(H,53,55). The van der Waals surface area contributed by atoms with Crippen molar-refractivity contribution in [1.29, 1.82) is 0 Å². The second-order valence-corrected chi connectivity index (χ2v) is 19.9. The number of hydrogen-bond acceptors (Lipinski definition) is 10. The number of imidazole rings is 1. The molecular weight excluding hydrogens is 858 g/mol. The van der Waals surface area contributed by atoms with Crippen LogP contribution < -0.4 is 19.7 Å². The number of carbonyl (C=O) groups excluding carboxylic acids is 2. The molecule has 2 fully saturated rings. The van der Waals surface area contributed by atoms with Gasteiger partial charge < -0.3 is 34.1 Å². The van der Waals surface area contributed by atoms with E-state index in [1.54, 1.807) is 47.7 Å². The second kappa shape index (κ2) is 15.8. The van der Waals surface area contributed by atoms with E-state index in [0.717, 1.165) is 56.8 Å². The van der Waals surface area contributed by atoms with E-state index >= 15 is 0 Å². The summed E-state index contributed by atoms with van der Waals surface area (Å²) in [6.07, 6.45) is -2.28. The van der Waals surface area contributed by atoms with Gasteiger partial charge in [-0.2, -0.15) is 0 Å². The largest absolute Gasteiger partial charge is 0.490 e. The number of fused-ring (bicyclic) bond motifs is 6. The molecule has 0 saturated carbocycles. The fraction of sp³-hybridized carbons (Fsp3) is 0.458. The minimum atomic E-state index is -1.21. The van der Waals surface area contributed by atoms with Gasteiger partial charge in [0.15, 0.2) is 0 Å². The van der Waals surface area contributed by atoms with Gasteiger partial charge in [0, 0.05) is 42.0 Å². The maximum atomic E-state index is 14.8. The van der Waals surface area contributed by atoms with E-state index in [4.69, 9.17) is 35.5 Å². The second-order valence-electron chi connectivity index (χ2n) is 19.6. The van der Waals surface area contributed by atoms with Crippen LogP contribution in [0.3, 0.4) is 0 Å². The van der Waals surface area contributed by atoms with Gasteiger partial charge in [-0.25, -0.2) is 23.4 Å². The summed E-state index contributed by atoms with van der Waals surface area (Å²) in [7, 11) is 2.04. The summed E-state index contributed by atoms with van der Waals surface area (Å²) in [5.41, 5.74) is 5.16. The Balaban J connectivity index is 0.990. The van der Waals surface area contributed by atoms with E-state index in [1.807, 2.05) is 55.6 Å². The smallest absolute Gasteiger partial charge is 0.411 e. The first-order chi connectivity index (χ1) is 30.9. The van der Waals surface area contributed by atoms with E-state index < -0.39 is 54.0 Å². The van der Waals surface area contributed by atoms with Crippen LogP contribution in [0.5, 0.6) is 11.5 Å². The molecule has 0 spiro atoms. The third-order valence-corrected chi connectivity index (χ3v) is 12.9. The van der Waals surface area contributed by atoms with E-state index in [1.165, 1.54) is 9.80 Å². The van der Waals surface area contributed by atoms with Crippen LogP contribution in [0.4, 0.5) is 24.1 Å². The number of benzene rings is 3. The van der Waals surface area contributed by atoms with Crippen molar-refractivity contribution in [3.8, 4) is 34.0 Å². The summed E-state index contributed by atoms with van der Waals surface area (Å²) in [6.45, 7) is 12.3. The van der Waals surface area contributed by atoms with Crippen LogP contribution in [0.1, 0.15) is 89.6 Å². The van der Waals surface area contributed by atoms with E-state index in [2.05, 4.69) is 30.8 Å². The third-order valence-electron chi connectivity index (χ3n) is 12.5. The Morgan fingerprint density at radius 3 is 2.28 bits per heavy atom. The average molecular weight is 911 g/mol. The molecule has 10 rings (SSSR count). The average Bonchev–Trinajstić information content (AvgIpc) is 4.10. The molecule has 7 heterocycles. The van der Waals surface area contributed by atoms with Crippen molar-refractivity contribution in [2.24, 2.45) is 4.99 Å². The van der Waals surface area contributed by atoms with Crippen LogP contribution in [0, 0.1) is 0 Å². The molecule has 2 N–H and O–H groups in total. The number of hydrogen-bond donors (Lipinski definition) is 2. The fourth-order valence-electron chi connectivity index (χ4n) is 9.54. The molecular formula is C48H53ClF2N8O6. The van der Waals surface area contributed by atoms with Crippen molar-refractivity contribution in [3.63, 3.8) is 0 Å². The summed E-state index contributed by atoms with van der Waals surface area (Å²) in [5, 5.41) is 4.84. The number of H-pyrrole nitrogens is 1. The Kier molecular flexibility index (Phi) is 10.5. The number of alkyl halides is 2. The zero-order chi connectivity index (χ0) is 45.7. The highest BCUT2D eigenvalue weighted by Crippen LogP contribution is 2.51. The predicted octanol–water partition coefficient (Wildman–Crippen LogP) is 9.53. The summed E-state index contributed by atoms with van der Waals surface area (Å²) < 4.78 is 56.2. The highest BCUT2D eigenvalue weighted by Gasteiger charge is 2.43. The van der Waals surface area contributed by atoms with Crippen molar-refractivity contribution in [3.05, 3.63) is 82.8 Å². The SMILES string of the molecule is CN1CCOc2cc(C3Oc4cc(-c5cnc(C6CC(F)CN6C(=O)OC(C)(C)C)[nH]5)ccc4-c4c(Cl)c5cc(C6CN=C(C7CC(F)CN7C(=O)OC(C)(C)C)N6)ccc5n43)ccc21. The highest BCUT2D eigenvalue weighted by atomic mass is 35.5. The molecule has 14 nitrogen and oxygen atoms in total. The van der Waals surface area contributed by atoms with Crippen molar-refractivity contribution in [2.45, 2.75) is 102 Å². The van der Waals surface area contributed by atoms with Gasteiger partial charge in [0.05, 0.1) is 78.1 Å². The van der Waals surface area contributed by atoms with Gasteiger partial charge in [0.2, 0.25) is 6.23 Å². The van der Waals surface area contributed by atoms with E-state index in [0.29, 0.717) is 41.3 Å². The normalized spacial score (nSPS) is 23.9. The van der Waals surface area contributed by atoms with Gasteiger partial charge in [0.1, 0.15) is 53.3 Å². The fourth-order valence-corrected chi connectivity index (χ4v) is 9.88. The number of halogens is 3. The summed E-state index contributed by atoms with van der Waals surface area (Å²) >= 11 is 7.50. The number of aliphatic imine (C=N–C) groups is 1. The molecule has 6 atom stereocenters. The Labute approximate surface area is 380 Å². The molecule has 0 bridgehead atoms. The van der Waals surface area contributed by atoms with Gasteiger partial charge in [-0.05, 0) is 83.5 Å². The summed E-state index contributed by atoms with van der Waals surface area (Å²) in [6, 6.07) is 16.7. The zero-order valence-electron chi connectivity index (χ0n) is 37.5.